The van der Waals surface area contributed by atoms with Gasteiger partial charge in [0, 0.05) is 46.5 Å². The summed E-state index contributed by atoms with van der Waals surface area (Å²) >= 11 is 5.89. The van der Waals surface area contributed by atoms with Crippen molar-refractivity contribution >= 4 is 47.2 Å². The molecule has 3 atom stereocenters. The highest BCUT2D eigenvalue weighted by Gasteiger charge is 2.41. The maximum Gasteiger partial charge on any atom is 0.323 e. The predicted octanol–water partition coefficient (Wildman–Crippen LogP) is 5.47. The number of benzene rings is 1. The van der Waals surface area contributed by atoms with Crippen LogP contribution in [0.2, 0.25) is 5.02 Å². The molecule has 0 bridgehead atoms. The Bertz CT molecular complexity index is 1440. The molecule has 1 aliphatic heterocycles. The average Bonchev–Trinajstić information content (AvgIpc) is 3.73. The Morgan fingerprint density at radius 3 is 2.64 bits per heavy atom. The Kier molecular flexibility index (Phi) is 10.9. The van der Waals surface area contributed by atoms with Gasteiger partial charge >= 0.3 is 6.03 Å². The number of nitrogens with one attached hydrogen (secondary N) is 3. The molecule has 1 unspecified atom stereocenters. The number of rotatable bonds is 12. The van der Waals surface area contributed by atoms with E-state index in [1.807, 2.05) is 0 Å². The van der Waals surface area contributed by atoms with E-state index in [1.54, 1.807) is 43.6 Å². The summed E-state index contributed by atoms with van der Waals surface area (Å²) in [5.74, 6) is -0.712. The van der Waals surface area contributed by atoms with Gasteiger partial charge in [-0.1, -0.05) is 43.2 Å². The lowest BCUT2D eigenvalue weighted by molar-refractivity contribution is -0.121. The van der Waals surface area contributed by atoms with Crippen molar-refractivity contribution in [1.29, 1.82) is 0 Å². The number of urea groups is 1. The Labute approximate surface area is 261 Å². The molecule has 0 radical (unpaired) electrons. The SMILES string of the molecule is C=C/C(=C\C=N/C)C(CCC1CC1)(NC(C)=O)c1ccc(F)c(NC(=O)[C@H]2C[C@@H](OC)CN2C(=O)Nc2ccc(Cl)cn2)c1. The van der Waals surface area contributed by atoms with Crippen molar-refractivity contribution in [2.75, 3.05) is 31.3 Å². The number of methoxy groups -OCH3 is 1. The predicted molar refractivity (Wildman–Crippen MR) is 169 cm³/mol. The Balaban J connectivity index is 1.65. The van der Waals surface area contributed by atoms with Crippen LogP contribution in [0.15, 0.2) is 65.8 Å². The molecular formula is C32H38ClFN6O4. The quantitative estimate of drug-likeness (QED) is 0.213. The summed E-state index contributed by atoms with van der Waals surface area (Å²) in [4.78, 5) is 48.9. The van der Waals surface area contributed by atoms with Crippen molar-refractivity contribution in [3.8, 4) is 0 Å². The third-order valence-electron chi connectivity index (χ3n) is 7.97. The molecule has 2 aromatic rings. The van der Waals surface area contributed by atoms with Gasteiger partial charge in [0.2, 0.25) is 11.8 Å². The van der Waals surface area contributed by atoms with E-state index < -0.39 is 35.4 Å². The van der Waals surface area contributed by atoms with Gasteiger partial charge in [0.25, 0.3) is 0 Å². The Morgan fingerprint density at radius 1 is 1.25 bits per heavy atom. The van der Waals surface area contributed by atoms with Gasteiger partial charge in [-0.15, -0.1) is 0 Å². The number of pyridine rings is 1. The maximum atomic E-state index is 15.3. The molecule has 2 fully saturated rings. The molecule has 1 aromatic carbocycles. The molecule has 0 spiro atoms. The number of anilines is 2. The van der Waals surface area contributed by atoms with E-state index in [0.717, 1.165) is 19.3 Å². The fourth-order valence-corrected chi connectivity index (χ4v) is 5.62. The highest BCUT2D eigenvalue weighted by Crippen LogP contribution is 2.42. The summed E-state index contributed by atoms with van der Waals surface area (Å²) in [7, 11) is 3.14. The monoisotopic (exact) mass is 624 g/mol. The summed E-state index contributed by atoms with van der Waals surface area (Å²) in [6.07, 6.45) is 9.85. The molecule has 1 aliphatic carbocycles. The number of aromatic nitrogens is 1. The first-order chi connectivity index (χ1) is 21.1. The fraction of sp³-hybridized carbons (Fsp3) is 0.406. The van der Waals surface area contributed by atoms with Gasteiger partial charge < -0.3 is 20.3 Å². The van der Waals surface area contributed by atoms with Crippen LogP contribution in [0, 0.1) is 11.7 Å². The number of aliphatic imine (C=N–C) groups is 1. The minimum absolute atomic E-state index is 0.0817. The minimum Gasteiger partial charge on any atom is -0.380 e. The number of carbonyl (C=O) groups is 3. The number of halogens is 2. The Morgan fingerprint density at radius 2 is 2.02 bits per heavy atom. The van der Waals surface area contributed by atoms with Gasteiger partial charge in [-0.2, -0.15) is 0 Å². The molecule has 2 heterocycles. The zero-order chi connectivity index (χ0) is 31.9. The molecule has 44 heavy (non-hydrogen) atoms. The summed E-state index contributed by atoms with van der Waals surface area (Å²) in [6.45, 7) is 5.56. The van der Waals surface area contributed by atoms with Crippen molar-refractivity contribution in [2.24, 2.45) is 10.9 Å². The lowest BCUT2D eigenvalue weighted by Crippen LogP contribution is -2.47. The highest BCUT2D eigenvalue weighted by atomic mass is 35.5. The molecule has 4 rings (SSSR count). The van der Waals surface area contributed by atoms with Crippen molar-refractivity contribution < 1.29 is 23.5 Å². The molecule has 12 heteroatoms. The van der Waals surface area contributed by atoms with E-state index in [4.69, 9.17) is 16.3 Å². The van der Waals surface area contributed by atoms with Gasteiger partial charge in [-0.25, -0.2) is 14.2 Å². The lowest BCUT2D eigenvalue weighted by Gasteiger charge is -2.37. The van der Waals surface area contributed by atoms with Crippen LogP contribution in [-0.4, -0.2) is 66.8 Å². The number of ether oxygens (including phenoxy) is 1. The largest absolute Gasteiger partial charge is 0.380 e. The van der Waals surface area contributed by atoms with Crippen LogP contribution < -0.4 is 16.0 Å². The molecule has 1 saturated carbocycles. The second kappa shape index (κ2) is 14.6. The number of allylic oxidation sites excluding steroid dienone is 1. The lowest BCUT2D eigenvalue weighted by atomic mass is 9.77. The molecule has 1 saturated heterocycles. The average molecular weight is 625 g/mol. The number of likely N-dealkylation sites (tertiary alicyclic amines) is 1. The van der Waals surface area contributed by atoms with Crippen LogP contribution in [0.1, 0.15) is 44.6 Å². The fourth-order valence-electron chi connectivity index (χ4n) is 5.50. The first-order valence-electron chi connectivity index (χ1n) is 14.5. The maximum absolute atomic E-state index is 15.3. The van der Waals surface area contributed by atoms with Crippen LogP contribution in [0.25, 0.3) is 0 Å². The van der Waals surface area contributed by atoms with Gasteiger partial charge in [0.15, 0.2) is 0 Å². The standard InChI is InChI=1S/C32H38ClFN6O4/c1-5-22(13-15-35-3)32(39-20(2)41,14-12-21-6-7-21)23-8-10-26(34)27(16-23)37-30(42)28-17-25(44-4)19-40(28)31(43)38-29-11-9-24(33)18-36-29/h5,8-11,13,15-16,18,21,25,28H,1,6-7,12,14,17,19H2,2-4H3,(H,37,42)(H,39,41)(H,36,38,43)/b22-13+,35-15-/t25-,28-,32?/m1/s1. The van der Waals surface area contributed by atoms with E-state index in [9.17, 15) is 14.4 Å². The first kappa shape index (κ1) is 32.8. The number of carbonyl (C=O) groups excluding carboxylic acids is 3. The molecule has 1 aromatic heterocycles. The zero-order valence-electron chi connectivity index (χ0n) is 25.1. The molecule has 234 valence electrons. The highest BCUT2D eigenvalue weighted by molar-refractivity contribution is 6.30. The van der Waals surface area contributed by atoms with Crippen LogP contribution >= 0.6 is 11.6 Å². The molecule has 4 amide bonds. The summed E-state index contributed by atoms with van der Waals surface area (Å²) in [5, 5.41) is 8.87. The smallest absolute Gasteiger partial charge is 0.323 e. The van der Waals surface area contributed by atoms with E-state index in [-0.39, 0.29) is 30.4 Å². The van der Waals surface area contributed by atoms with Gasteiger partial charge in [0.1, 0.15) is 17.7 Å². The van der Waals surface area contributed by atoms with E-state index in [2.05, 4.69) is 32.5 Å². The third-order valence-corrected chi connectivity index (χ3v) is 8.19. The van der Waals surface area contributed by atoms with Gasteiger partial charge in [-0.05, 0) is 60.2 Å². The van der Waals surface area contributed by atoms with Gasteiger partial charge in [0.05, 0.1) is 22.4 Å². The van der Waals surface area contributed by atoms with Crippen LogP contribution in [0.5, 0.6) is 0 Å². The second-order valence-electron chi connectivity index (χ2n) is 11.0. The van der Waals surface area contributed by atoms with Crippen molar-refractivity contribution in [3.05, 3.63) is 77.2 Å². The summed E-state index contributed by atoms with van der Waals surface area (Å²) in [6, 6.07) is 6.01. The van der Waals surface area contributed by atoms with Gasteiger partial charge in [-0.3, -0.25) is 19.9 Å². The number of hydrogen-bond acceptors (Lipinski definition) is 6. The normalized spacial score (nSPS) is 19.8. The molecule has 3 N–H and O–H groups in total. The number of amides is 4. The van der Waals surface area contributed by atoms with Crippen LogP contribution in [0.4, 0.5) is 20.7 Å². The van der Waals surface area contributed by atoms with Crippen LogP contribution in [0.3, 0.4) is 0 Å². The zero-order valence-corrected chi connectivity index (χ0v) is 25.9. The molecule has 10 nitrogen and oxygen atoms in total. The van der Waals surface area contributed by atoms with Crippen molar-refractivity contribution in [1.82, 2.24) is 15.2 Å². The topological polar surface area (TPSA) is 125 Å². The Hall–Kier alpha value is -4.09. The van der Waals surface area contributed by atoms with E-state index in [0.29, 0.717) is 28.5 Å². The summed E-state index contributed by atoms with van der Waals surface area (Å²) < 4.78 is 20.8. The minimum atomic E-state index is -1.05. The molecule has 2 aliphatic rings. The van der Waals surface area contributed by atoms with Crippen molar-refractivity contribution in [2.45, 2.75) is 56.7 Å². The summed E-state index contributed by atoms with van der Waals surface area (Å²) in [5.41, 5.74) is 0.128. The van der Waals surface area contributed by atoms with Crippen molar-refractivity contribution in [3.63, 3.8) is 0 Å². The van der Waals surface area contributed by atoms with E-state index in [1.165, 1.54) is 37.3 Å². The third kappa shape index (κ3) is 7.89. The molecular weight excluding hydrogens is 587 g/mol. The number of hydrogen-bond donors (Lipinski definition) is 3. The number of nitrogens with zero attached hydrogens (tertiary/aromatic N) is 3. The second-order valence-corrected chi connectivity index (χ2v) is 11.5. The van der Waals surface area contributed by atoms with E-state index >= 15 is 4.39 Å². The first-order valence-corrected chi connectivity index (χ1v) is 14.8. The van der Waals surface area contributed by atoms with Crippen LogP contribution in [-0.2, 0) is 19.9 Å².